The van der Waals surface area contributed by atoms with Crippen LogP contribution in [-0.2, 0) is 4.74 Å². The Kier molecular flexibility index (Phi) is 4.97. The van der Waals surface area contributed by atoms with E-state index in [1.165, 1.54) is 0 Å². The highest BCUT2D eigenvalue weighted by molar-refractivity contribution is 5.66. The molecule has 0 rings (SSSR count). The van der Waals surface area contributed by atoms with Crippen molar-refractivity contribution >= 4 is 6.09 Å². The predicted octanol–water partition coefficient (Wildman–Crippen LogP) is 0.957. The first kappa shape index (κ1) is 8.27. The van der Waals surface area contributed by atoms with Gasteiger partial charge in [0, 0.05) is 6.54 Å². The standard InChI is InChI=1S/C6H12NO2/c1-3-5-7-6(8)9-4-2/h2-5H2,1H3,(H,7,8). The smallest absolute Gasteiger partial charge is 0.407 e. The van der Waals surface area contributed by atoms with Gasteiger partial charge in [-0.3, -0.25) is 0 Å². The number of rotatable bonds is 3. The van der Waals surface area contributed by atoms with Gasteiger partial charge in [0.1, 0.15) is 0 Å². The minimum absolute atomic E-state index is 0.190. The molecule has 0 atom stereocenters. The topological polar surface area (TPSA) is 38.3 Å². The molecule has 0 fully saturated rings. The van der Waals surface area contributed by atoms with E-state index in [1.807, 2.05) is 6.92 Å². The van der Waals surface area contributed by atoms with E-state index in [2.05, 4.69) is 17.0 Å². The number of ether oxygens (including phenoxy) is 1. The van der Waals surface area contributed by atoms with Gasteiger partial charge in [0.15, 0.2) is 0 Å². The van der Waals surface area contributed by atoms with Gasteiger partial charge in [-0.25, -0.2) is 4.79 Å². The number of carbonyl (C=O) groups is 1. The molecule has 1 amide bonds. The Balaban J connectivity index is 3.06. The molecule has 1 radical (unpaired) electrons. The average molecular weight is 130 g/mol. The van der Waals surface area contributed by atoms with Gasteiger partial charge in [-0.2, -0.15) is 0 Å². The van der Waals surface area contributed by atoms with Crippen LogP contribution in [-0.4, -0.2) is 19.2 Å². The molecule has 1 N–H and O–H groups in total. The summed E-state index contributed by atoms with van der Waals surface area (Å²) < 4.78 is 4.48. The average Bonchev–Trinajstić information content (AvgIpc) is 1.85. The van der Waals surface area contributed by atoms with E-state index in [4.69, 9.17) is 0 Å². The Morgan fingerprint density at radius 1 is 1.78 bits per heavy atom. The van der Waals surface area contributed by atoms with Gasteiger partial charge in [0.2, 0.25) is 0 Å². The lowest BCUT2D eigenvalue weighted by Crippen LogP contribution is -2.24. The zero-order chi connectivity index (χ0) is 7.11. The van der Waals surface area contributed by atoms with Crippen LogP contribution in [0.5, 0.6) is 0 Å². The van der Waals surface area contributed by atoms with E-state index in [-0.39, 0.29) is 12.7 Å². The molecule has 53 valence electrons. The summed E-state index contributed by atoms with van der Waals surface area (Å²) in [5, 5.41) is 2.53. The maximum atomic E-state index is 10.4. The van der Waals surface area contributed by atoms with Gasteiger partial charge in [0.25, 0.3) is 0 Å². The molecule has 0 spiro atoms. The van der Waals surface area contributed by atoms with Gasteiger partial charge in [-0.1, -0.05) is 6.92 Å². The summed E-state index contributed by atoms with van der Waals surface area (Å²) in [6, 6.07) is 0. The second kappa shape index (κ2) is 5.41. The Morgan fingerprint density at radius 3 is 2.89 bits per heavy atom. The number of nitrogens with one attached hydrogen (secondary N) is 1. The maximum absolute atomic E-state index is 10.4. The van der Waals surface area contributed by atoms with Crippen molar-refractivity contribution in [1.82, 2.24) is 5.32 Å². The molecule has 0 aromatic heterocycles. The van der Waals surface area contributed by atoms with Crippen LogP contribution in [0.15, 0.2) is 0 Å². The van der Waals surface area contributed by atoms with Gasteiger partial charge >= 0.3 is 6.09 Å². The van der Waals surface area contributed by atoms with Crippen molar-refractivity contribution in [3.8, 4) is 0 Å². The highest BCUT2D eigenvalue weighted by atomic mass is 16.5. The molecular formula is C6H12NO2. The number of alkyl carbamates (subject to hydrolysis) is 1. The molecule has 0 heterocycles. The van der Waals surface area contributed by atoms with Crippen LogP contribution in [0, 0.1) is 6.92 Å². The number of amides is 1. The minimum Gasteiger partial charge on any atom is -0.450 e. The largest absolute Gasteiger partial charge is 0.450 e. The van der Waals surface area contributed by atoms with Crippen molar-refractivity contribution in [3.63, 3.8) is 0 Å². The van der Waals surface area contributed by atoms with E-state index in [9.17, 15) is 4.79 Å². The lowest BCUT2D eigenvalue weighted by molar-refractivity contribution is 0.158. The van der Waals surface area contributed by atoms with Gasteiger partial charge in [-0.15, -0.1) is 0 Å². The number of hydrogen-bond acceptors (Lipinski definition) is 2. The molecule has 9 heavy (non-hydrogen) atoms. The maximum Gasteiger partial charge on any atom is 0.407 e. The third-order valence-corrected chi connectivity index (χ3v) is 0.752. The number of carbonyl (C=O) groups excluding carboxylic acids is 1. The van der Waals surface area contributed by atoms with E-state index in [0.717, 1.165) is 6.42 Å². The van der Waals surface area contributed by atoms with Gasteiger partial charge < -0.3 is 10.1 Å². The molecule has 0 unspecified atom stereocenters. The van der Waals surface area contributed by atoms with Crippen molar-refractivity contribution in [3.05, 3.63) is 6.92 Å². The van der Waals surface area contributed by atoms with Crippen molar-refractivity contribution in [2.45, 2.75) is 13.3 Å². The van der Waals surface area contributed by atoms with Crippen molar-refractivity contribution in [2.24, 2.45) is 0 Å². The monoisotopic (exact) mass is 130 g/mol. The lowest BCUT2D eigenvalue weighted by Gasteiger charge is -2.01. The van der Waals surface area contributed by atoms with Crippen LogP contribution in [0.3, 0.4) is 0 Å². The zero-order valence-corrected chi connectivity index (χ0v) is 5.64. The molecule has 3 heteroatoms. The summed E-state index contributed by atoms with van der Waals surface area (Å²) in [6.07, 6.45) is 0.540. The normalized spacial score (nSPS) is 8.67. The molecule has 0 saturated carbocycles. The molecule has 0 aliphatic rings. The SMILES string of the molecule is [CH2]COC(=O)NCCC. The molecular weight excluding hydrogens is 118 g/mol. The molecule has 0 aliphatic heterocycles. The number of hydrogen-bond donors (Lipinski definition) is 1. The molecule has 0 aromatic carbocycles. The summed E-state index contributed by atoms with van der Waals surface area (Å²) in [5.41, 5.74) is 0. The van der Waals surface area contributed by atoms with Crippen LogP contribution in [0.2, 0.25) is 0 Å². The summed E-state index contributed by atoms with van der Waals surface area (Å²) in [4.78, 5) is 10.4. The Bertz CT molecular complexity index is 83.1. The Hall–Kier alpha value is -0.730. The fourth-order valence-corrected chi connectivity index (χ4v) is 0.371. The summed E-state index contributed by atoms with van der Waals surface area (Å²) in [5.74, 6) is 0. The van der Waals surface area contributed by atoms with Crippen LogP contribution in [0.1, 0.15) is 13.3 Å². The van der Waals surface area contributed by atoms with Crippen molar-refractivity contribution < 1.29 is 9.53 Å². The first-order valence-corrected chi connectivity index (χ1v) is 3.01. The first-order valence-electron chi connectivity index (χ1n) is 3.01. The van der Waals surface area contributed by atoms with Gasteiger partial charge in [0.05, 0.1) is 6.61 Å². The highest BCUT2D eigenvalue weighted by Gasteiger charge is 1.94. The second-order valence-electron chi connectivity index (χ2n) is 1.56. The Labute approximate surface area is 55.4 Å². The van der Waals surface area contributed by atoms with E-state index >= 15 is 0 Å². The first-order chi connectivity index (χ1) is 4.31. The predicted molar refractivity (Wildman–Crippen MR) is 35.0 cm³/mol. The molecule has 0 saturated heterocycles. The third kappa shape index (κ3) is 5.14. The molecule has 0 aliphatic carbocycles. The molecule has 0 bridgehead atoms. The Morgan fingerprint density at radius 2 is 2.44 bits per heavy atom. The van der Waals surface area contributed by atoms with E-state index in [0.29, 0.717) is 6.54 Å². The fourth-order valence-electron chi connectivity index (χ4n) is 0.371. The summed E-state index contributed by atoms with van der Waals surface area (Å²) in [7, 11) is 0. The van der Waals surface area contributed by atoms with Gasteiger partial charge in [-0.05, 0) is 13.3 Å². The van der Waals surface area contributed by atoms with Crippen LogP contribution < -0.4 is 5.32 Å². The highest BCUT2D eigenvalue weighted by Crippen LogP contribution is 1.76. The van der Waals surface area contributed by atoms with Crippen LogP contribution in [0.4, 0.5) is 4.79 Å². The van der Waals surface area contributed by atoms with Crippen LogP contribution >= 0.6 is 0 Å². The summed E-state index contributed by atoms with van der Waals surface area (Å²) in [6.45, 7) is 6.18. The van der Waals surface area contributed by atoms with Crippen LogP contribution in [0.25, 0.3) is 0 Å². The fraction of sp³-hybridized carbons (Fsp3) is 0.667. The minimum atomic E-state index is -0.383. The molecule has 3 nitrogen and oxygen atoms in total. The summed E-state index contributed by atoms with van der Waals surface area (Å²) >= 11 is 0. The second-order valence-corrected chi connectivity index (χ2v) is 1.56. The lowest BCUT2D eigenvalue weighted by atomic mass is 10.5. The van der Waals surface area contributed by atoms with Crippen molar-refractivity contribution in [2.75, 3.05) is 13.2 Å². The zero-order valence-electron chi connectivity index (χ0n) is 5.64. The quantitative estimate of drug-likeness (QED) is 0.617. The van der Waals surface area contributed by atoms with Crippen molar-refractivity contribution in [1.29, 1.82) is 0 Å². The third-order valence-electron chi connectivity index (χ3n) is 0.752. The molecule has 0 aromatic rings. The van der Waals surface area contributed by atoms with E-state index in [1.54, 1.807) is 0 Å². The van der Waals surface area contributed by atoms with E-state index < -0.39 is 0 Å².